The Morgan fingerprint density at radius 1 is 1.37 bits per heavy atom. The number of nitrogens with one attached hydrogen (secondary N) is 1. The third-order valence-corrected chi connectivity index (χ3v) is 5.51. The molecule has 0 radical (unpaired) electrons. The monoisotopic (exact) mass is 265 g/mol. The van der Waals surface area contributed by atoms with Gasteiger partial charge in [-0.2, -0.15) is 0 Å². The molecule has 0 aromatic carbocycles. The molecule has 3 aliphatic rings. The number of hydrogen-bond acceptors (Lipinski definition) is 3. The van der Waals surface area contributed by atoms with Crippen molar-refractivity contribution in [1.29, 1.82) is 0 Å². The van der Waals surface area contributed by atoms with Crippen LogP contribution in [0.3, 0.4) is 0 Å². The molecule has 0 spiro atoms. The maximum atomic E-state index is 12.5. The molecule has 2 saturated heterocycles. The Morgan fingerprint density at radius 3 is 2.84 bits per heavy atom. The van der Waals surface area contributed by atoms with Crippen LogP contribution in [0.2, 0.25) is 0 Å². The number of carbonyl (C=O) groups excluding carboxylic acids is 1. The van der Waals surface area contributed by atoms with Crippen LogP contribution >= 0.6 is 0 Å². The van der Waals surface area contributed by atoms with Gasteiger partial charge in [-0.15, -0.1) is 0 Å². The van der Waals surface area contributed by atoms with E-state index in [1.54, 1.807) is 0 Å². The Morgan fingerprint density at radius 2 is 2.16 bits per heavy atom. The highest BCUT2D eigenvalue weighted by Crippen LogP contribution is 2.45. The van der Waals surface area contributed by atoms with Crippen LogP contribution in [0, 0.1) is 11.3 Å². The topological polar surface area (TPSA) is 58.4 Å². The van der Waals surface area contributed by atoms with Crippen LogP contribution in [-0.2, 0) is 4.79 Å². The second-order valence-electron chi connectivity index (χ2n) is 7.02. The van der Waals surface area contributed by atoms with E-state index in [1.807, 2.05) is 0 Å². The minimum atomic E-state index is -0.244. The number of nitrogens with two attached hydrogens (primary N) is 1. The number of amides is 1. The van der Waals surface area contributed by atoms with E-state index in [0.29, 0.717) is 24.5 Å². The molecule has 108 valence electrons. The molecular formula is C15H27N3O. The molecule has 3 fully saturated rings. The van der Waals surface area contributed by atoms with E-state index in [-0.39, 0.29) is 11.3 Å². The summed E-state index contributed by atoms with van der Waals surface area (Å²) in [5.74, 6) is 0.885. The summed E-state index contributed by atoms with van der Waals surface area (Å²) in [6, 6.07) is 1.10. The van der Waals surface area contributed by atoms with E-state index < -0.39 is 0 Å². The number of rotatable bonds is 3. The molecule has 19 heavy (non-hydrogen) atoms. The molecule has 3 N–H and O–H groups in total. The summed E-state index contributed by atoms with van der Waals surface area (Å²) < 4.78 is 0. The molecule has 4 nitrogen and oxygen atoms in total. The second kappa shape index (κ2) is 5.06. The Labute approximate surface area is 116 Å². The summed E-state index contributed by atoms with van der Waals surface area (Å²) in [6.07, 6.45) is 6.83. The zero-order valence-corrected chi connectivity index (χ0v) is 12.0. The summed E-state index contributed by atoms with van der Waals surface area (Å²) in [5.41, 5.74) is 5.61. The highest BCUT2D eigenvalue weighted by Gasteiger charge is 2.47. The van der Waals surface area contributed by atoms with Gasteiger partial charge in [0.1, 0.15) is 0 Å². The standard InChI is InChI=1S/C15H27N3O/c1-11-8-15(9-11,10-16)14(19)17-12-4-6-18-5-2-3-13(18)7-12/h11-13H,2-10,16H2,1H3,(H,17,19). The summed E-state index contributed by atoms with van der Waals surface area (Å²) in [7, 11) is 0. The number of carbonyl (C=O) groups is 1. The summed E-state index contributed by atoms with van der Waals surface area (Å²) in [6.45, 7) is 5.13. The summed E-state index contributed by atoms with van der Waals surface area (Å²) in [4.78, 5) is 15.1. The number of fused-ring (bicyclic) bond motifs is 1. The molecule has 0 bridgehead atoms. The van der Waals surface area contributed by atoms with Gasteiger partial charge in [0.05, 0.1) is 5.41 Å². The van der Waals surface area contributed by atoms with E-state index in [2.05, 4.69) is 17.1 Å². The van der Waals surface area contributed by atoms with Gasteiger partial charge in [0.2, 0.25) is 5.91 Å². The van der Waals surface area contributed by atoms with Crippen LogP contribution in [0.15, 0.2) is 0 Å². The molecule has 0 aromatic rings. The van der Waals surface area contributed by atoms with Crippen LogP contribution < -0.4 is 11.1 Å². The fourth-order valence-corrected chi connectivity index (χ4v) is 4.41. The summed E-state index contributed by atoms with van der Waals surface area (Å²) in [5, 5.41) is 3.30. The van der Waals surface area contributed by atoms with Gasteiger partial charge in [-0.3, -0.25) is 4.79 Å². The highest BCUT2D eigenvalue weighted by molar-refractivity contribution is 5.84. The van der Waals surface area contributed by atoms with Gasteiger partial charge in [0, 0.05) is 25.2 Å². The molecule has 2 heterocycles. The first-order valence-electron chi connectivity index (χ1n) is 7.88. The van der Waals surface area contributed by atoms with Crippen molar-refractivity contribution in [2.75, 3.05) is 19.6 Å². The molecule has 3 rings (SSSR count). The molecule has 2 aliphatic heterocycles. The van der Waals surface area contributed by atoms with E-state index in [9.17, 15) is 4.79 Å². The third kappa shape index (κ3) is 2.40. The lowest BCUT2D eigenvalue weighted by Crippen LogP contribution is -2.57. The van der Waals surface area contributed by atoms with Crippen molar-refractivity contribution in [3.8, 4) is 0 Å². The van der Waals surface area contributed by atoms with Crippen molar-refractivity contribution >= 4 is 5.91 Å². The van der Waals surface area contributed by atoms with Crippen molar-refractivity contribution in [3.05, 3.63) is 0 Å². The Hall–Kier alpha value is -0.610. The van der Waals surface area contributed by atoms with E-state index in [1.165, 1.54) is 19.4 Å². The number of piperidine rings is 1. The minimum absolute atomic E-state index is 0.226. The average molecular weight is 265 g/mol. The van der Waals surface area contributed by atoms with Crippen LogP contribution in [-0.4, -0.2) is 42.5 Å². The molecule has 2 atom stereocenters. The third-order valence-electron chi connectivity index (χ3n) is 5.51. The Bertz CT molecular complexity index is 351. The van der Waals surface area contributed by atoms with Crippen molar-refractivity contribution < 1.29 is 4.79 Å². The predicted molar refractivity (Wildman–Crippen MR) is 75.6 cm³/mol. The second-order valence-corrected chi connectivity index (χ2v) is 7.02. The van der Waals surface area contributed by atoms with Gasteiger partial charge in [-0.1, -0.05) is 6.92 Å². The van der Waals surface area contributed by atoms with E-state index in [4.69, 9.17) is 5.73 Å². The van der Waals surface area contributed by atoms with Crippen LogP contribution in [0.1, 0.15) is 45.4 Å². The van der Waals surface area contributed by atoms with Gasteiger partial charge in [0.25, 0.3) is 0 Å². The van der Waals surface area contributed by atoms with Crippen molar-refractivity contribution in [1.82, 2.24) is 10.2 Å². The molecule has 0 aromatic heterocycles. The lowest BCUT2D eigenvalue weighted by Gasteiger charge is -2.45. The van der Waals surface area contributed by atoms with Gasteiger partial charge in [-0.05, 0) is 51.0 Å². The Balaban J connectivity index is 1.55. The van der Waals surface area contributed by atoms with Crippen LogP contribution in [0.4, 0.5) is 0 Å². The fraction of sp³-hybridized carbons (Fsp3) is 0.933. The molecule has 1 amide bonds. The van der Waals surface area contributed by atoms with Crippen molar-refractivity contribution in [2.24, 2.45) is 17.1 Å². The normalized spacial score (nSPS) is 42.5. The maximum Gasteiger partial charge on any atom is 0.227 e. The zero-order valence-electron chi connectivity index (χ0n) is 12.0. The van der Waals surface area contributed by atoms with Gasteiger partial charge in [-0.25, -0.2) is 0 Å². The summed E-state index contributed by atoms with van der Waals surface area (Å²) >= 11 is 0. The first-order valence-corrected chi connectivity index (χ1v) is 7.88. The predicted octanol–water partition coefficient (Wildman–Crippen LogP) is 1.10. The highest BCUT2D eigenvalue weighted by atomic mass is 16.2. The quantitative estimate of drug-likeness (QED) is 0.803. The van der Waals surface area contributed by atoms with E-state index in [0.717, 1.165) is 32.2 Å². The van der Waals surface area contributed by atoms with Crippen molar-refractivity contribution in [3.63, 3.8) is 0 Å². The lowest BCUT2D eigenvalue weighted by atomic mass is 9.62. The fourth-order valence-electron chi connectivity index (χ4n) is 4.41. The Kier molecular flexibility index (Phi) is 3.56. The largest absolute Gasteiger partial charge is 0.353 e. The van der Waals surface area contributed by atoms with Crippen LogP contribution in [0.5, 0.6) is 0 Å². The molecular weight excluding hydrogens is 238 g/mol. The number of hydrogen-bond donors (Lipinski definition) is 2. The van der Waals surface area contributed by atoms with Crippen LogP contribution in [0.25, 0.3) is 0 Å². The minimum Gasteiger partial charge on any atom is -0.353 e. The zero-order chi connectivity index (χ0) is 13.5. The van der Waals surface area contributed by atoms with Gasteiger partial charge >= 0.3 is 0 Å². The maximum absolute atomic E-state index is 12.5. The first-order chi connectivity index (χ1) is 9.13. The SMILES string of the molecule is CC1CC(CN)(C(=O)NC2CCN3CCCC3C2)C1. The smallest absolute Gasteiger partial charge is 0.227 e. The first kappa shape index (κ1) is 13.4. The average Bonchev–Trinajstić information content (AvgIpc) is 2.81. The lowest BCUT2D eigenvalue weighted by molar-refractivity contribution is -0.139. The molecule has 1 saturated carbocycles. The molecule has 4 heteroatoms. The molecule has 1 aliphatic carbocycles. The van der Waals surface area contributed by atoms with E-state index >= 15 is 0 Å². The number of nitrogens with zero attached hydrogens (tertiary/aromatic N) is 1. The van der Waals surface area contributed by atoms with Crippen molar-refractivity contribution in [2.45, 2.75) is 57.5 Å². The molecule has 2 unspecified atom stereocenters. The van der Waals surface area contributed by atoms with Gasteiger partial charge in [0.15, 0.2) is 0 Å². The van der Waals surface area contributed by atoms with Gasteiger partial charge < -0.3 is 16.0 Å².